The summed E-state index contributed by atoms with van der Waals surface area (Å²) in [5.74, 6) is 6.04. The van der Waals surface area contributed by atoms with Gasteiger partial charge in [0.1, 0.15) is 6.61 Å². The number of nitrogens with zero attached hydrogens (tertiary/aromatic N) is 1. The summed E-state index contributed by atoms with van der Waals surface area (Å²) < 4.78 is 0. The lowest BCUT2D eigenvalue weighted by Gasteiger charge is -2.28. The Balaban J connectivity index is 2.58. The maximum atomic E-state index is 12.3. The molecule has 0 spiro atoms. The van der Waals surface area contributed by atoms with Crippen LogP contribution in [0.15, 0.2) is 11.4 Å². The first-order chi connectivity index (χ1) is 9.74. The number of aliphatic hydroxyl groups excluding tert-OH is 1. The number of thiophene rings is 1. The number of aliphatic hydroxyl groups is 1. The van der Waals surface area contributed by atoms with Crippen LogP contribution in [0.3, 0.4) is 0 Å². The average Bonchev–Trinajstić information content (AvgIpc) is 2.82. The molecule has 1 N–H and O–H groups in total. The van der Waals surface area contributed by atoms with Gasteiger partial charge in [-0.3, -0.25) is 4.79 Å². The van der Waals surface area contributed by atoms with Gasteiger partial charge in [-0.1, -0.05) is 39.5 Å². The van der Waals surface area contributed by atoms with E-state index < -0.39 is 0 Å². The van der Waals surface area contributed by atoms with Crippen molar-refractivity contribution in [1.82, 2.24) is 4.90 Å². The molecule has 0 aromatic carbocycles. The first-order valence-corrected chi connectivity index (χ1v) is 8.03. The molecule has 0 aliphatic rings. The van der Waals surface area contributed by atoms with Crippen molar-refractivity contribution in [1.29, 1.82) is 0 Å². The van der Waals surface area contributed by atoms with Crippen LogP contribution in [0.1, 0.15) is 44.6 Å². The fourth-order valence-corrected chi connectivity index (χ4v) is 2.51. The molecular weight excluding hydrogens is 282 g/mol. The van der Waals surface area contributed by atoms with E-state index in [4.69, 9.17) is 5.11 Å². The molecular formula is C17H25NO2S. The third-order valence-corrected chi connectivity index (χ3v) is 4.64. The van der Waals surface area contributed by atoms with Crippen LogP contribution in [0, 0.1) is 23.2 Å². The maximum absolute atomic E-state index is 12.3. The summed E-state index contributed by atoms with van der Waals surface area (Å²) in [5, 5.41) is 10.7. The highest BCUT2D eigenvalue weighted by atomic mass is 32.1. The Labute approximate surface area is 132 Å². The van der Waals surface area contributed by atoms with Crippen molar-refractivity contribution >= 4 is 17.2 Å². The fraction of sp³-hybridized carbons (Fsp3) is 0.588. The van der Waals surface area contributed by atoms with E-state index in [1.165, 1.54) is 11.3 Å². The highest BCUT2D eigenvalue weighted by Crippen LogP contribution is 2.28. The van der Waals surface area contributed by atoms with Gasteiger partial charge >= 0.3 is 0 Å². The number of carbonyl (C=O) groups excluding carboxylic acids is 1. The Morgan fingerprint density at radius 3 is 2.71 bits per heavy atom. The Hall–Kier alpha value is -1.31. The molecule has 116 valence electrons. The van der Waals surface area contributed by atoms with E-state index in [1.807, 2.05) is 18.5 Å². The number of hydrogen-bond donors (Lipinski definition) is 1. The van der Waals surface area contributed by atoms with E-state index in [9.17, 15) is 4.79 Å². The third kappa shape index (κ3) is 5.91. The van der Waals surface area contributed by atoms with Gasteiger partial charge < -0.3 is 10.0 Å². The van der Waals surface area contributed by atoms with Crippen LogP contribution in [0.5, 0.6) is 0 Å². The monoisotopic (exact) mass is 307 g/mol. The molecule has 0 bridgehead atoms. The molecule has 1 unspecified atom stereocenters. The second-order valence-corrected chi connectivity index (χ2v) is 7.41. The molecule has 0 fully saturated rings. The van der Waals surface area contributed by atoms with Gasteiger partial charge in [-0.15, -0.1) is 11.3 Å². The van der Waals surface area contributed by atoms with Gasteiger partial charge in [-0.25, -0.2) is 0 Å². The number of amides is 1. The SMILES string of the molecule is CC(CC(=O)N(C)Cc1csc(C#CCO)c1)C(C)(C)C. The largest absolute Gasteiger partial charge is 0.384 e. The predicted octanol–water partition coefficient (Wildman–Crippen LogP) is 3.12. The highest BCUT2D eigenvalue weighted by molar-refractivity contribution is 7.10. The van der Waals surface area contributed by atoms with Gasteiger partial charge in [0.05, 0.1) is 4.88 Å². The van der Waals surface area contributed by atoms with Crippen molar-refractivity contribution in [3.05, 3.63) is 21.9 Å². The van der Waals surface area contributed by atoms with Crippen LogP contribution in [-0.4, -0.2) is 29.6 Å². The molecule has 0 radical (unpaired) electrons. The van der Waals surface area contributed by atoms with Crippen molar-refractivity contribution in [3.63, 3.8) is 0 Å². The van der Waals surface area contributed by atoms with Gasteiger partial charge in [0.15, 0.2) is 0 Å². The molecule has 0 saturated carbocycles. The first kappa shape index (κ1) is 17.7. The maximum Gasteiger partial charge on any atom is 0.222 e. The van der Waals surface area contributed by atoms with Crippen LogP contribution >= 0.6 is 11.3 Å². The lowest BCUT2D eigenvalue weighted by atomic mass is 9.80. The zero-order valence-corrected chi connectivity index (χ0v) is 14.4. The predicted molar refractivity (Wildman–Crippen MR) is 88.0 cm³/mol. The topological polar surface area (TPSA) is 40.5 Å². The molecule has 4 heteroatoms. The Bertz CT molecular complexity index is 531. The number of rotatable bonds is 4. The van der Waals surface area contributed by atoms with Gasteiger partial charge in [-0.05, 0) is 28.3 Å². The van der Waals surface area contributed by atoms with Crippen molar-refractivity contribution in [2.24, 2.45) is 11.3 Å². The summed E-state index contributed by atoms with van der Waals surface area (Å²) in [6.07, 6.45) is 0.571. The molecule has 1 aromatic heterocycles. The summed E-state index contributed by atoms with van der Waals surface area (Å²) in [5.41, 5.74) is 1.23. The molecule has 0 aliphatic carbocycles. The lowest BCUT2D eigenvalue weighted by molar-refractivity contribution is -0.132. The summed E-state index contributed by atoms with van der Waals surface area (Å²) in [6.45, 7) is 9.09. The molecule has 1 rings (SSSR count). The van der Waals surface area contributed by atoms with E-state index in [0.29, 0.717) is 18.9 Å². The van der Waals surface area contributed by atoms with E-state index >= 15 is 0 Å². The Kier molecular flexibility index (Phi) is 6.44. The Morgan fingerprint density at radius 1 is 1.48 bits per heavy atom. The van der Waals surface area contributed by atoms with Crippen molar-refractivity contribution in [2.45, 2.75) is 40.7 Å². The van der Waals surface area contributed by atoms with Crippen molar-refractivity contribution in [2.75, 3.05) is 13.7 Å². The minimum Gasteiger partial charge on any atom is -0.384 e. The van der Waals surface area contributed by atoms with Gasteiger partial charge in [0.2, 0.25) is 5.91 Å². The van der Waals surface area contributed by atoms with E-state index in [1.54, 1.807) is 4.90 Å². The minimum atomic E-state index is -0.129. The minimum absolute atomic E-state index is 0.129. The van der Waals surface area contributed by atoms with Crippen LogP contribution in [0.25, 0.3) is 0 Å². The summed E-state index contributed by atoms with van der Waals surface area (Å²) in [7, 11) is 1.84. The molecule has 1 amide bonds. The van der Waals surface area contributed by atoms with E-state index in [0.717, 1.165) is 10.4 Å². The second kappa shape index (κ2) is 7.63. The highest BCUT2D eigenvalue weighted by Gasteiger charge is 2.24. The van der Waals surface area contributed by atoms with E-state index in [2.05, 4.69) is 39.5 Å². The van der Waals surface area contributed by atoms with Gasteiger partial charge in [0.25, 0.3) is 0 Å². The third-order valence-electron chi connectivity index (χ3n) is 3.75. The molecule has 1 atom stereocenters. The summed E-state index contributed by atoms with van der Waals surface area (Å²) in [6, 6.07) is 1.98. The van der Waals surface area contributed by atoms with Crippen LogP contribution in [0.2, 0.25) is 0 Å². The second-order valence-electron chi connectivity index (χ2n) is 6.50. The number of carbonyl (C=O) groups is 1. The zero-order chi connectivity index (χ0) is 16.0. The lowest BCUT2D eigenvalue weighted by Crippen LogP contribution is -2.30. The van der Waals surface area contributed by atoms with Crippen molar-refractivity contribution < 1.29 is 9.90 Å². The summed E-state index contributed by atoms with van der Waals surface area (Å²) >= 11 is 1.54. The molecule has 3 nitrogen and oxygen atoms in total. The fourth-order valence-electron chi connectivity index (χ4n) is 1.74. The quantitative estimate of drug-likeness (QED) is 0.868. The van der Waals surface area contributed by atoms with Gasteiger partial charge in [-0.2, -0.15) is 0 Å². The van der Waals surface area contributed by atoms with Crippen LogP contribution < -0.4 is 0 Å². The molecule has 0 aliphatic heterocycles. The van der Waals surface area contributed by atoms with Crippen molar-refractivity contribution in [3.8, 4) is 11.8 Å². The normalized spacial score (nSPS) is 12.5. The van der Waals surface area contributed by atoms with Gasteiger partial charge in [0, 0.05) is 20.0 Å². The molecule has 0 saturated heterocycles. The molecule has 1 heterocycles. The summed E-state index contributed by atoms with van der Waals surface area (Å²) in [4.78, 5) is 14.9. The molecule has 1 aromatic rings. The smallest absolute Gasteiger partial charge is 0.222 e. The first-order valence-electron chi connectivity index (χ1n) is 7.15. The molecule has 21 heavy (non-hydrogen) atoms. The van der Waals surface area contributed by atoms with E-state index in [-0.39, 0.29) is 17.9 Å². The number of hydrogen-bond acceptors (Lipinski definition) is 3. The van der Waals surface area contributed by atoms with Crippen LogP contribution in [-0.2, 0) is 11.3 Å². The van der Waals surface area contributed by atoms with Crippen LogP contribution in [0.4, 0.5) is 0 Å². The standard InChI is InChI=1S/C17H25NO2S/c1-13(17(2,3)4)9-16(20)18(5)11-14-10-15(21-12-14)7-6-8-19/h10,12-13,19H,8-9,11H2,1-5H3. The zero-order valence-electron chi connectivity index (χ0n) is 13.6. The Morgan fingerprint density at radius 2 is 2.14 bits per heavy atom. The average molecular weight is 307 g/mol.